The second-order valence-corrected chi connectivity index (χ2v) is 6.94. The van der Waals surface area contributed by atoms with E-state index in [2.05, 4.69) is 5.32 Å². The number of hydrogen-bond donors (Lipinski definition) is 1. The number of ether oxygens (including phenoxy) is 1. The van der Waals surface area contributed by atoms with Gasteiger partial charge in [-0.3, -0.25) is 14.5 Å². The van der Waals surface area contributed by atoms with Crippen molar-refractivity contribution in [2.24, 2.45) is 0 Å². The van der Waals surface area contributed by atoms with Crippen molar-refractivity contribution in [1.29, 1.82) is 0 Å². The van der Waals surface area contributed by atoms with Gasteiger partial charge in [-0.1, -0.05) is 36.0 Å². The maximum Gasteiger partial charge on any atom is 0.340 e. The van der Waals surface area contributed by atoms with Gasteiger partial charge < -0.3 is 10.1 Å². The normalized spacial score (nSPS) is 14.3. The van der Waals surface area contributed by atoms with E-state index in [1.165, 1.54) is 36.1 Å². The van der Waals surface area contributed by atoms with E-state index in [0.717, 1.165) is 0 Å². The summed E-state index contributed by atoms with van der Waals surface area (Å²) in [6.45, 7) is 1.16. The number of halogens is 2. The molecule has 2 aromatic carbocycles. The first-order chi connectivity index (χ1) is 13.4. The second kappa shape index (κ2) is 8.39. The number of anilines is 2. The number of carbonyl (C=O) groups excluding carboxylic acids is 3. The SMILES string of the molecule is C[C@H](OC(=O)c1ccccc1SC(F)F)C(=O)N1CC(=O)Nc2ccccc21. The summed E-state index contributed by atoms with van der Waals surface area (Å²) in [5.74, 6) is -4.55. The average Bonchev–Trinajstić information content (AvgIpc) is 2.66. The molecule has 0 aromatic heterocycles. The molecule has 9 heteroatoms. The fraction of sp³-hybridized carbons (Fsp3) is 0.211. The fourth-order valence-electron chi connectivity index (χ4n) is 2.76. The number of hydrogen-bond acceptors (Lipinski definition) is 5. The van der Waals surface area contributed by atoms with Crippen LogP contribution in [0.4, 0.5) is 20.2 Å². The molecule has 0 radical (unpaired) electrons. The summed E-state index contributed by atoms with van der Waals surface area (Å²) in [5.41, 5.74) is 0.914. The number of benzene rings is 2. The van der Waals surface area contributed by atoms with Crippen LogP contribution in [0.15, 0.2) is 53.4 Å². The van der Waals surface area contributed by atoms with Crippen LogP contribution in [0.25, 0.3) is 0 Å². The predicted octanol–water partition coefficient (Wildman–Crippen LogP) is 3.53. The Labute approximate surface area is 163 Å². The van der Waals surface area contributed by atoms with E-state index in [1.807, 2.05) is 0 Å². The lowest BCUT2D eigenvalue weighted by Gasteiger charge is -2.30. The van der Waals surface area contributed by atoms with Gasteiger partial charge in [0, 0.05) is 4.90 Å². The van der Waals surface area contributed by atoms with Gasteiger partial charge in [-0.2, -0.15) is 8.78 Å². The van der Waals surface area contributed by atoms with E-state index in [9.17, 15) is 23.2 Å². The Balaban J connectivity index is 1.77. The molecule has 2 aromatic rings. The van der Waals surface area contributed by atoms with Gasteiger partial charge in [0.15, 0.2) is 6.10 Å². The Hall–Kier alpha value is -2.94. The third kappa shape index (κ3) is 4.30. The monoisotopic (exact) mass is 406 g/mol. The standard InChI is InChI=1S/C19H16F2N2O4S/c1-11(27-18(26)12-6-2-5-9-15(12)28-19(20)21)17(25)23-10-16(24)22-13-7-3-4-8-14(13)23/h2-9,11,19H,10H2,1H3,(H,22,24)/t11-/m0/s1. The molecule has 0 saturated carbocycles. The van der Waals surface area contributed by atoms with Crippen molar-refractivity contribution in [2.45, 2.75) is 23.7 Å². The van der Waals surface area contributed by atoms with E-state index in [0.29, 0.717) is 11.4 Å². The van der Waals surface area contributed by atoms with Crippen molar-refractivity contribution in [3.05, 3.63) is 54.1 Å². The molecule has 3 rings (SSSR count). The smallest absolute Gasteiger partial charge is 0.340 e. The number of nitrogens with zero attached hydrogens (tertiary/aromatic N) is 1. The number of alkyl halides is 2. The first-order valence-electron chi connectivity index (χ1n) is 8.32. The molecular weight excluding hydrogens is 390 g/mol. The maximum atomic E-state index is 12.8. The lowest BCUT2D eigenvalue weighted by atomic mass is 10.1. The number of fused-ring (bicyclic) bond motifs is 1. The Morgan fingerprint density at radius 2 is 1.82 bits per heavy atom. The van der Waals surface area contributed by atoms with Gasteiger partial charge in [-0.25, -0.2) is 4.79 Å². The Bertz CT molecular complexity index is 922. The van der Waals surface area contributed by atoms with E-state index in [4.69, 9.17) is 4.74 Å². The molecule has 0 spiro atoms. The van der Waals surface area contributed by atoms with Crippen molar-refractivity contribution < 1.29 is 27.9 Å². The molecule has 1 atom stereocenters. The van der Waals surface area contributed by atoms with Crippen LogP contribution in [0.2, 0.25) is 0 Å². The average molecular weight is 406 g/mol. The molecule has 0 saturated heterocycles. The Kier molecular flexibility index (Phi) is 5.93. The summed E-state index contributed by atoms with van der Waals surface area (Å²) in [6, 6.07) is 12.5. The zero-order valence-electron chi connectivity index (χ0n) is 14.7. The number of nitrogens with one attached hydrogen (secondary N) is 1. The van der Waals surface area contributed by atoms with E-state index in [-0.39, 0.29) is 34.7 Å². The zero-order valence-corrected chi connectivity index (χ0v) is 15.5. The summed E-state index contributed by atoms with van der Waals surface area (Å²) < 4.78 is 30.6. The fourth-order valence-corrected chi connectivity index (χ4v) is 3.39. The van der Waals surface area contributed by atoms with Crippen molar-refractivity contribution >= 4 is 40.9 Å². The van der Waals surface area contributed by atoms with E-state index in [1.54, 1.807) is 24.3 Å². The largest absolute Gasteiger partial charge is 0.449 e. The second-order valence-electron chi connectivity index (χ2n) is 5.91. The molecule has 6 nitrogen and oxygen atoms in total. The first-order valence-corrected chi connectivity index (χ1v) is 9.20. The minimum Gasteiger partial charge on any atom is -0.449 e. The van der Waals surface area contributed by atoms with Crippen LogP contribution in [0.5, 0.6) is 0 Å². The molecule has 1 heterocycles. The van der Waals surface area contributed by atoms with Crippen molar-refractivity contribution in [2.75, 3.05) is 16.8 Å². The van der Waals surface area contributed by atoms with E-state index < -0.39 is 23.7 Å². The van der Waals surface area contributed by atoms with Crippen LogP contribution in [0.3, 0.4) is 0 Å². The molecule has 0 unspecified atom stereocenters. The number of amides is 2. The highest BCUT2D eigenvalue weighted by Gasteiger charge is 2.32. The topological polar surface area (TPSA) is 75.7 Å². The summed E-state index contributed by atoms with van der Waals surface area (Å²) in [4.78, 5) is 38.4. The van der Waals surface area contributed by atoms with Gasteiger partial charge >= 0.3 is 5.97 Å². The van der Waals surface area contributed by atoms with Crippen LogP contribution in [0, 0.1) is 0 Å². The van der Waals surface area contributed by atoms with Gasteiger partial charge in [0.05, 0.1) is 16.9 Å². The number of esters is 1. The number of rotatable bonds is 5. The van der Waals surface area contributed by atoms with Crippen LogP contribution < -0.4 is 10.2 Å². The highest BCUT2D eigenvalue weighted by Crippen LogP contribution is 2.31. The summed E-state index contributed by atoms with van der Waals surface area (Å²) >= 11 is 0.225. The Morgan fingerprint density at radius 1 is 1.14 bits per heavy atom. The maximum absolute atomic E-state index is 12.8. The minimum absolute atomic E-state index is 0.0516. The molecule has 146 valence electrons. The zero-order chi connectivity index (χ0) is 20.3. The van der Waals surface area contributed by atoms with Crippen LogP contribution in [0.1, 0.15) is 17.3 Å². The molecule has 1 N–H and O–H groups in total. The number of para-hydroxylation sites is 2. The third-order valence-corrected chi connectivity index (χ3v) is 4.78. The molecule has 0 bridgehead atoms. The highest BCUT2D eigenvalue weighted by atomic mass is 32.2. The lowest BCUT2D eigenvalue weighted by Crippen LogP contribution is -2.47. The molecule has 0 aliphatic carbocycles. The van der Waals surface area contributed by atoms with Gasteiger partial charge in [-0.15, -0.1) is 0 Å². The van der Waals surface area contributed by atoms with Crippen LogP contribution in [-0.2, 0) is 14.3 Å². The van der Waals surface area contributed by atoms with Crippen molar-refractivity contribution in [3.63, 3.8) is 0 Å². The van der Waals surface area contributed by atoms with Crippen molar-refractivity contribution in [3.8, 4) is 0 Å². The molecular formula is C19H16F2N2O4S. The first kappa shape index (κ1) is 19.8. The van der Waals surface area contributed by atoms with Crippen LogP contribution >= 0.6 is 11.8 Å². The third-order valence-electron chi connectivity index (χ3n) is 3.99. The molecule has 0 fully saturated rings. The number of thioether (sulfide) groups is 1. The quantitative estimate of drug-likeness (QED) is 0.607. The van der Waals surface area contributed by atoms with E-state index >= 15 is 0 Å². The van der Waals surface area contributed by atoms with Gasteiger partial charge in [0.2, 0.25) is 5.91 Å². The summed E-state index contributed by atoms with van der Waals surface area (Å²) in [5, 5.41) is 2.66. The molecule has 2 amide bonds. The summed E-state index contributed by atoms with van der Waals surface area (Å²) in [7, 11) is 0. The minimum atomic E-state index is -2.70. The van der Waals surface area contributed by atoms with Gasteiger partial charge in [-0.05, 0) is 31.2 Å². The van der Waals surface area contributed by atoms with Crippen molar-refractivity contribution in [1.82, 2.24) is 0 Å². The highest BCUT2D eigenvalue weighted by molar-refractivity contribution is 7.99. The molecule has 28 heavy (non-hydrogen) atoms. The van der Waals surface area contributed by atoms with Gasteiger partial charge in [0.1, 0.15) is 6.54 Å². The van der Waals surface area contributed by atoms with Crippen LogP contribution in [-0.4, -0.2) is 36.2 Å². The summed E-state index contributed by atoms with van der Waals surface area (Å²) in [6.07, 6.45) is -1.21. The molecule has 1 aliphatic rings. The Morgan fingerprint density at radius 3 is 2.57 bits per heavy atom. The predicted molar refractivity (Wildman–Crippen MR) is 101 cm³/mol. The number of carbonyl (C=O) groups is 3. The molecule has 1 aliphatic heterocycles. The van der Waals surface area contributed by atoms with Gasteiger partial charge in [0.25, 0.3) is 11.7 Å². The lowest BCUT2D eigenvalue weighted by molar-refractivity contribution is -0.128.